The smallest absolute Gasteiger partial charge is 0.378 e. The first-order valence-corrected chi connectivity index (χ1v) is 5.99. The highest BCUT2D eigenvalue weighted by Crippen LogP contribution is 2.32. The molecular weight excluding hydrogens is 259 g/mol. The van der Waals surface area contributed by atoms with E-state index in [0.29, 0.717) is 26.3 Å². The molecule has 0 aromatic heterocycles. The molecule has 1 aliphatic rings. The van der Waals surface area contributed by atoms with Gasteiger partial charge < -0.3 is 9.64 Å². The molecule has 6 heteroatoms. The number of hydrogen-bond donors (Lipinski definition) is 0. The summed E-state index contributed by atoms with van der Waals surface area (Å²) in [6.07, 6.45) is -4.66. The monoisotopic (exact) mass is 273 g/mol. The summed E-state index contributed by atoms with van der Waals surface area (Å²) in [5.74, 6) is -0.292. The summed E-state index contributed by atoms with van der Waals surface area (Å²) < 4.78 is 43.5. The number of halogens is 3. The molecule has 0 N–H and O–H groups in total. The van der Waals surface area contributed by atoms with Crippen molar-refractivity contribution in [2.75, 3.05) is 26.3 Å². The second-order valence-corrected chi connectivity index (χ2v) is 4.32. The Kier molecular flexibility index (Phi) is 4.09. The van der Waals surface area contributed by atoms with Crippen molar-refractivity contribution < 1.29 is 22.7 Å². The Hall–Kier alpha value is -1.56. The van der Waals surface area contributed by atoms with E-state index in [9.17, 15) is 18.0 Å². The standard InChI is InChI=1S/C13H14F3NO2/c14-13(15,16)11-4-2-1-3-10(11)9-12(18)17-5-7-19-8-6-17/h1-4H,5-9H2. The summed E-state index contributed by atoms with van der Waals surface area (Å²) in [5.41, 5.74) is -0.719. The molecule has 19 heavy (non-hydrogen) atoms. The van der Waals surface area contributed by atoms with Crippen LogP contribution < -0.4 is 0 Å². The average molecular weight is 273 g/mol. The SMILES string of the molecule is O=C(Cc1ccccc1C(F)(F)F)N1CCOCC1. The third-order valence-corrected chi connectivity index (χ3v) is 3.03. The third-order valence-electron chi connectivity index (χ3n) is 3.03. The van der Waals surface area contributed by atoms with Crippen LogP contribution in [-0.4, -0.2) is 37.1 Å². The van der Waals surface area contributed by atoms with Crippen LogP contribution >= 0.6 is 0 Å². The zero-order chi connectivity index (χ0) is 13.9. The van der Waals surface area contributed by atoms with Crippen LogP contribution in [0, 0.1) is 0 Å². The molecule has 1 amide bonds. The molecule has 3 nitrogen and oxygen atoms in total. The first-order chi connectivity index (χ1) is 8.98. The van der Waals surface area contributed by atoms with E-state index in [1.54, 1.807) is 0 Å². The van der Waals surface area contributed by atoms with Crippen LogP contribution in [0.1, 0.15) is 11.1 Å². The minimum atomic E-state index is -4.43. The normalized spacial score (nSPS) is 16.5. The lowest BCUT2D eigenvalue weighted by Crippen LogP contribution is -2.41. The number of ether oxygens (including phenoxy) is 1. The Labute approximate surface area is 109 Å². The van der Waals surface area contributed by atoms with E-state index in [1.807, 2.05) is 0 Å². The molecule has 0 spiro atoms. The van der Waals surface area contributed by atoms with E-state index in [2.05, 4.69) is 0 Å². The Morgan fingerprint density at radius 1 is 1.21 bits per heavy atom. The molecule has 1 aliphatic heterocycles. The van der Waals surface area contributed by atoms with Gasteiger partial charge in [0.05, 0.1) is 25.2 Å². The van der Waals surface area contributed by atoms with Crippen LogP contribution in [0.15, 0.2) is 24.3 Å². The Balaban J connectivity index is 2.12. The molecule has 0 bridgehead atoms. The van der Waals surface area contributed by atoms with Crippen LogP contribution in [0.5, 0.6) is 0 Å². The number of hydrogen-bond acceptors (Lipinski definition) is 2. The molecule has 1 saturated heterocycles. The fraction of sp³-hybridized carbons (Fsp3) is 0.462. The van der Waals surface area contributed by atoms with Crippen molar-refractivity contribution in [3.8, 4) is 0 Å². The molecule has 0 unspecified atom stereocenters. The van der Waals surface area contributed by atoms with Crippen LogP contribution in [0.4, 0.5) is 13.2 Å². The van der Waals surface area contributed by atoms with Gasteiger partial charge in [-0.25, -0.2) is 0 Å². The number of rotatable bonds is 2. The van der Waals surface area contributed by atoms with Crippen molar-refractivity contribution in [1.82, 2.24) is 4.90 Å². The van der Waals surface area contributed by atoms with Gasteiger partial charge in [0.25, 0.3) is 0 Å². The van der Waals surface area contributed by atoms with Gasteiger partial charge in [-0.2, -0.15) is 13.2 Å². The topological polar surface area (TPSA) is 29.5 Å². The average Bonchev–Trinajstić information content (AvgIpc) is 2.39. The van der Waals surface area contributed by atoms with Gasteiger partial charge >= 0.3 is 6.18 Å². The Bertz CT molecular complexity index is 453. The molecule has 1 aromatic rings. The van der Waals surface area contributed by atoms with E-state index < -0.39 is 11.7 Å². The molecule has 1 heterocycles. The number of nitrogens with zero attached hydrogens (tertiary/aromatic N) is 1. The maximum Gasteiger partial charge on any atom is 0.416 e. The van der Waals surface area contributed by atoms with Crippen LogP contribution in [0.2, 0.25) is 0 Å². The molecule has 2 rings (SSSR count). The molecule has 0 saturated carbocycles. The van der Waals surface area contributed by atoms with E-state index in [1.165, 1.54) is 23.1 Å². The fourth-order valence-corrected chi connectivity index (χ4v) is 2.04. The number of carbonyl (C=O) groups excluding carboxylic acids is 1. The fourth-order valence-electron chi connectivity index (χ4n) is 2.04. The summed E-state index contributed by atoms with van der Waals surface area (Å²) >= 11 is 0. The number of carbonyl (C=O) groups is 1. The van der Waals surface area contributed by atoms with Crippen LogP contribution in [-0.2, 0) is 22.1 Å². The lowest BCUT2D eigenvalue weighted by Gasteiger charge is -2.27. The highest BCUT2D eigenvalue weighted by molar-refractivity contribution is 5.79. The zero-order valence-electron chi connectivity index (χ0n) is 10.2. The van der Waals surface area contributed by atoms with Crippen molar-refractivity contribution in [2.24, 2.45) is 0 Å². The van der Waals surface area contributed by atoms with Gasteiger partial charge in [0.2, 0.25) is 5.91 Å². The number of alkyl halides is 3. The zero-order valence-corrected chi connectivity index (χ0v) is 10.2. The summed E-state index contributed by atoms with van der Waals surface area (Å²) in [4.78, 5) is 13.5. The molecule has 104 valence electrons. The minimum Gasteiger partial charge on any atom is -0.378 e. The van der Waals surface area contributed by atoms with Crippen molar-refractivity contribution >= 4 is 5.91 Å². The molecule has 1 aromatic carbocycles. The molecule has 1 fully saturated rings. The van der Waals surface area contributed by atoms with Gasteiger partial charge in [-0.3, -0.25) is 4.79 Å². The Morgan fingerprint density at radius 3 is 2.47 bits per heavy atom. The van der Waals surface area contributed by atoms with Gasteiger partial charge in [0, 0.05) is 13.1 Å². The lowest BCUT2D eigenvalue weighted by atomic mass is 10.0. The Morgan fingerprint density at radius 2 is 1.84 bits per heavy atom. The van der Waals surface area contributed by atoms with E-state index >= 15 is 0 Å². The summed E-state index contributed by atoms with van der Waals surface area (Å²) in [5, 5.41) is 0. The summed E-state index contributed by atoms with van der Waals surface area (Å²) in [6, 6.07) is 5.19. The van der Waals surface area contributed by atoms with Crippen LogP contribution in [0.3, 0.4) is 0 Å². The summed E-state index contributed by atoms with van der Waals surface area (Å²) in [7, 11) is 0. The van der Waals surface area contributed by atoms with E-state index in [4.69, 9.17) is 4.74 Å². The minimum absolute atomic E-state index is 0.0199. The number of amides is 1. The molecule has 0 atom stereocenters. The van der Waals surface area contributed by atoms with Crippen molar-refractivity contribution in [3.05, 3.63) is 35.4 Å². The second-order valence-electron chi connectivity index (χ2n) is 4.32. The first kappa shape index (κ1) is 13.9. The van der Waals surface area contributed by atoms with Gasteiger partial charge in [-0.15, -0.1) is 0 Å². The molecular formula is C13H14F3NO2. The largest absolute Gasteiger partial charge is 0.416 e. The number of morpholine rings is 1. The molecule has 0 aliphatic carbocycles. The van der Waals surface area contributed by atoms with Gasteiger partial charge in [-0.05, 0) is 11.6 Å². The maximum atomic E-state index is 12.8. The van der Waals surface area contributed by atoms with Gasteiger partial charge in [0.1, 0.15) is 0 Å². The quantitative estimate of drug-likeness (QED) is 0.826. The van der Waals surface area contributed by atoms with E-state index in [0.717, 1.165) is 6.07 Å². The second kappa shape index (κ2) is 5.61. The molecule has 0 radical (unpaired) electrons. The first-order valence-electron chi connectivity index (χ1n) is 5.99. The van der Waals surface area contributed by atoms with Crippen LogP contribution in [0.25, 0.3) is 0 Å². The highest BCUT2D eigenvalue weighted by atomic mass is 19.4. The van der Waals surface area contributed by atoms with Gasteiger partial charge in [0.15, 0.2) is 0 Å². The number of benzene rings is 1. The maximum absolute atomic E-state index is 12.8. The summed E-state index contributed by atoms with van der Waals surface area (Å²) in [6.45, 7) is 1.75. The predicted octanol–water partition coefficient (Wildman–Crippen LogP) is 2.11. The van der Waals surface area contributed by atoms with Crippen molar-refractivity contribution in [1.29, 1.82) is 0 Å². The van der Waals surface area contributed by atoms with Crippen molar-refractivity contribution in [3.63, 3.8) is 0 Å². The third kappa shape index (κ3) is 3.47. The highest BCUT2D eigenvalue weighted by Gasteiger charge is 2.33. The predicted molar refractivity (Wildman–Crippen MR) is 62.5 cm³/mol. The van der Waals surface area contributed by atoms with E-state index in [-0.39, 0.29) is 17.9 Å². The van der Waals surface area contributed by atoms with Gasteiger partial charge in [-0.1, -0.05) is 18.2 Å². The van der Waals surface area contributed by atoms with Crippen molar-refractivity contribution in [2.45, 2.75) is 12.6 Å². The lowest BCUT2D eigenvalue weighted by molar-refractivity contribution is -0.139.